The molecule has 0 unspecified atom stereocenters. The molecule has 14 heavy (non-hydrogen) atoms. The van der Waals surface area contributed by atoms with Gasteiger partial charge in [0.1, 0.15) is 0 Å². The number of aromatic hydroxyl groups is 1. The number of benzene rings is 1. The van der Waals surface area contributed by atoms with E-state index in [0.29, 0.717) is 3.57 Å². The fraction of sp³-hybridized carbons (Fsp3) is 0.125. The molecule has 0 saturated heterocycles. The number of phenolic OH excluding ortho intramolecular Hbond substituents is 1. The molecule has 0 radical (unpaired) electrons. The monoisotopic (exact) mass is 309 g/mol. The second-order valence-electron chi connectivity index (χ2n) is 2.33. The number of carbonyl (C=O) groups excluding carboxylic acids is 1. The number of hydrogen-bond donors (Lipinski definition) is 2. The average Bonchev–Trinajstić information content (AvgIpc) is 2.20. The van der Waals surface area contributed by atoms with Gasteiger partial charge in [0.25, 0.3) is 0 Å². The van der Waals surface area contributed by atoms with E-state index in [1.54, 1.807) is 9.46 Å². The Kier molecular flexibility index (Phi) is 3.81. The van der Waals surface area contributed by atoms with Gasteiger partial charge in [-0.25, -0.2) is 0 Å². The van der Waals surface area contributed by atoms with Crippen LogP contribution in [0, 0.1) is 8.48 Å². The van der Waals surface area contributed by atoms with E-state index < -0.39 is 27.4 Å². The van der Waals surface area contributed by atoms with Crippen LogP contribution in [0.25, 0.3) is 0 Å². The molecule has 0 aromatic heterocycles. The molecule has 2 N–H and O–H groups in total. The third-order valence-electron chi connectivity index (χ3n) is 1.51. The number of rotatable bonds is 3. The average molecular weight is 309 g/mol. The van der Waals surface area contributed by atoms with E-state index in [-0.39, 0.29) is 11.3 Å². The van der Waals surface area contributed by atoms with E-state index in [1.165, 1.54) is 19.2 Å². The summed E-state index contributed by atoms with van der Waals surface area (Å²) < 4.78 is 6.79. The summed E-state index contributed by atoms with van der Waals surface area (Å²) in [4.78, 5) is 21.2. The van der Waals surface area contributed by atoms with Crippen molar-refractivity contribution in [2.24, 2.45) is 0 Å². The number of nitroso groups, excluding NO2 is 1. The fourth-order valence-electron chi connectivity index (χ4n) is 0.879. The first-order valence-corrected chi connectivity index (χ1v) is 5.77. The predicted molar refractivity (Wildman–Crippen MR) is 42.5 cm³/mol. The summed E-state index contributed by atoms with van der Waals surface area (Å²) in [6, 6.07) is 4.34. The first kappa shape index (κ1) is 10.9. The number of ether oxygens (including phenoxy) is 1. The molecule has 0 spiro atoms. The van der Waals surface area contributed by atoms with E-state index in [4.69, 9.17) is 0 Å². The van der Waals surface area contributed by atoms with Gasteiger partial charge in [0.2, 0.25) is 0 Å². The molecule has 0 aliphatic heterocycles. The van der Waals surface area contributed by atoms with Crippen LogP contribution in [0.2, 0.25) is 0 Å². The second kappa shape index (κ2) is 4.89. The van der Waals surface area contributed by atoms with Crippen molar-refractivity contribution in [1.82, 2.24) is 0 Å². The van der Waals surface area contributed by atoms with Crippen molar-refractivity contribution in [1.29, 1.82) is 0 Å². The van der Waals surface area contributed by atoms with E-state index >= 15 is 0 Å². The Morgan fingerprint density at radius 1 is 1.57 bits per heavy atom. The van der Waals surface area contributed by atoms with Crippen molar-refractivity contribution in [3.63, 3.8) is 0 Å². The van der Waals surface area contributed by atoms with Crippen LogP contribution in [0.15, 0.2) is 18.2 Å². The van der Waals surface area contributed by atoms with Crippen LogP contribution in [0.1, 0.15) is 10.4 Å². The van der Waals surface area contributed by atoms with Gasteiger partial charge in [-0.15, -0.1) is 0 Å². The van der Waals surface area contributed by atoms with Gasteiger partial charge in [-0.2, -0.15) is 0 Å². The van der Waals surface area contributed by atoms with E-state index in [1.807, 2.05) is 0 Å². The van der Waals surface area contributed by atoms with Crippen LogP contribution >= 0.6 is 0 Å². The molecule has 1 rings (SSSR count). The molecule has 0 saturated carbocycles. The number of hydrogen-bond acceptors (Lipinski definition) is 4. The van der Waals surface area contributed by atoms with Gasteiger partial charge in [-0.3, -0.25) is 0 Å². The zero-order chi connectivity index (χ0) is 10.6. The number of esters is 1. The quantitative estimate of drug-likeness (QED) is 0.341. The standard InChI is InChI=1S/C8H8INO4/c1-14-8(12)5-2-3-6(9-10-13)7(11)4-5/h2-4,10-11H,1H3. The van der Waals surface area contributed by atoms with Crippen molar-refractivity contribution in [3.05, 3.63) is 32.2 Å². The molecule has 0 aliphatic carbocycles. The summed E-state index contributed by atoms with van der Waals surface area (Å²) in [6.45, 7) is 0. The maximum atomic E-state index is 11.0. The summed E-state index contributed by atoms with van der Waals surface area (Å²) in [5, 5.41) is 9.41. The fourth-order valence-corrected chi connectivity index (χ4v) is 1.91. The third kappa shape index (κ3) is 2.41. The number of carbonyl (C=O) groups is 1. The van der Waals surface area contributed by atoms with Crippen LogP contribution < -0.4 is 24.9 Å². The topological polar surface area (TPSA) is 77.6 Å². The summed E-state index contributed by atoms with van der Waals surface area (Å²) in [5.74, 6) is -0.566. The Balaban J connectivity index is 2.99. The normalized spacial score (nSPS) is 9.79. The SMILES string of the molecule is COC(=O)c1ccc([I-][NH+]=O)c(O)c1. The Bertz CT molecular complexity index is 366. The Hall–Kier alpha value is -1.18. The first-order valence-electron chi connectivity index (χ1n) is 3.61. The Morgan fingerprint density at radius 2 is 2.29 bits per heavy atom. The number of nitrogens with one attached hydrogen (secondary N) is 1. The molecule has 0 aliphatic rings. The molecular formula is C8H8INO4. The Morgan fingerprint density at radius 3 is 2.79 bits per heavy atom. The molecule has 6 heteroatoms. The maximum absolute atomic E-state index is 11.0. The third-order valence-corrected chi connectivity index (χ3v) is 3.22. The van der Waals surface area contributed by atoms with Crippen LogP contribution in [-0.4, -0.2) is 18.2 Å². The van der Waals surface area contributed by atoms with Gasteiger partial charge < -0.3 is 0 Å². The minimum absolute atomic E-state index is 0.0518. The van der Waals surface area contributed by atoms with Gasteiger partial charge in [0.15, 0.2) is 0 Å². The second-order valence-corrected chi connectivity index (χ2v) is 4.47. The molecule has 1 aromatic carbocycles. The van der Waals surface area contributed by atoms with E-state index in [9.17, 15) is 14.8 Å². The molecule has 0 bridgehead atoms. The van der Waals surface area contributed by atoms with Gasteiger partial charge in [0, 0.05) is 0 Å². The minimum atomic E-state index is -0.937. The van der Waals surface area contributed by atoms with Crippen molar-refractivity contribution in [3.8, 4) is 5.75 Å². The molecule has 0 fully saturated rings. The van der Waals surface area contributed by atoms with Crippen LogP contribution in [0.4, 0.5) is 0 Å². The summed E-state index contributed by atoms with van der Waals surface area (Å²) in [6.07, 6.45) is 0. The summed E-state index contributed by atoms with van der Waals surface area (Å²) in [7, 11) is 1.26. The predicted octanol–water partition coefficient (Wildman–Crippen LogP) is -3.80. The first-order chi connectivity index (χ1) is 6.69. The van der Waals surface area contributed by atoms with Crippen molar-refractivity contribution in [2.45, 2.75) is 0 Å². The van der Waals surface area contributed by atoms with Crippen molar-refractivity contribution >= 4 is 5.97 Å². The zero-order valence-corrected chi connectivity index (χ0v) is 9.44. The molecule has 5 nitrogen and oxygen atoms in total. The number of halogens is 1. The molecule has 1 aromatic rings. The van der Waals surface area contributed by atoms with Crippen LogP contribution in [0.3, 0.4) is 0 Å². The van der Waals surface area contributed by atoms with Gasteiger partial charge >= 0.3 is 90.6 Å². The van der Waals surface area contributed by atoms with E-state index in [2.05, 4.69) is 4.74 Å². The molecule has 0 atom stereocenters. The van der Waals surface area contributed by atoms with E-state index in [0.717, 1.165) is 0 Å². The van der Waals surface area contributed by atoms with Crippen molar-refractivity contribution in [2.75, 3.05) is 7.11 Å². The molecule has 76 valence electrons. The van der Waals surface area contributed by atoms with Crippen LogP contribution in [0.5, 0.6) is 5.75 Å². The van der Waals surface area contributed by atoms with Gasteiger partial charge in [0.05, 0.1) is 0 Å². The number of phenols is 1. The number of methoxy groups -OCH3 is 1. The molecular weight excluding hydrogens is 301 g/mol. The summed E-state index contributed by atoms with van der Waals surface area (Å²) >= 11 is -0.937. The van der Waals surface area contributed by atoms with Crippen LogP contribution in [-0.2, 0) is 4.74 Å². The molecule has 0 amide bonds. The van der Waals surface area contributed by atoms with Crippen molar-refractivity contribution < 1.29 is 39.5 Å². The Labute approximate surface area is 90.7 Å². The zero-order valence-electron chi connectivity index (χ0n) is 7.28. The summed E-state index contributed by atoms with van der Waals surface area (Å²) in [5.41, 5.74) is 0.267. The van der Waals surface area contributed by atoms with Gasteiger partial charge in [-0.1, -0.05) is 0 Å². The molecule has 0 heterocycles. The van der Waals surface area contributed by atoms with Gasteiger partial charge in [-0.05, 0) is 0 Å².